The first kappa shape index (κ1) is 12.3. The van der Waals surface area contributed by atoms with Gasteiger partial charge in [-0.15, -0.1) is 11.3 Å². The number of pyridine rings is 1. The summed E-state index contributed by atoms with van der Waals surface area (Å²) in [5, 5.41) is 13.4. The minimum absolute atomic E-state index is 0.0911. The molecule has 0 aliphatic heterocycles. The third-order valence-corrected chi connectivity index (χ3v) is 3.13. The van der Waals surface area contributed by atoms with Crippen LogP contribution in [0.15, 0.2) is 29.8 Å². The quantitative estimate of drug-likeness (QED) is 0.890. The summed E-state index contributed by atoms with van der Waals surface area (Å²) in [4.78, 5) is 26.8. The van der Waals surface area contributed by atoms with Crippen molar-refractivity contribution in [3.8, 4) is 0 Å². The summed E-state index contributed by atoms with van der Waals surface area (Å²) >= 11 is 1.17. The Morgan fingerprint density at radius 3 is 2.72 bits per heavy atom. The van der Waals surface area contributed by atoms with Gasteiger partial charge in [-0.2, -0.15) is 0 Å². The van der Waals surface area contributed by atoms with Crippen LogP contribution in [0.5, 0.6) is 0 Å². The van der Waals surface area contributed by atoms with E-state index in [1.807, 2.05) is 6.92 Å². The molecule has 0 saturated heterocycles. The highest BCUT2D eigenvalue weighted by molar-refractivity contribution is 7.14. The van der Waals surface area contributed by atoms with E-state index < -0.39 is 5.97 Å². The second-order valence-corrected chi connectivity index (χ2v) is 4.53. The van der Waals surface area contributed by atoms with Gasteiger partial charge in [-0.05, 0) is 30.5 Å². The molecule has 0 unspecified atom stereocenters. The van der Waals surface area contributed by atoms with Gasteiger partial charge in [0.25, 0.3) is 5.91 Å². The van der Waals surface area contributed by atoms with Crippen molar-refractivity contribution in [2.75, 3.05) is 5.32 Å². The fraction of sp³-hybridized carbons (Fsp3) is 0.0833. The Morgan fingerprint density at radius 1 is 1.33 bits per heavy atom. The number of hydrogen-bond donors (Lipinski definition) is 2. The monoisotopic (exact) mass is 262 g/mol. The van der Waals surface area contributed by atoms with Crippen LogP contribution in [-0.4, -0.2) is 22.0 Å². The number of carbonyl (C=O) groups is 2. The summed E-state index contributed by atoms with van der Waals surface area (Å²) in [7, 11) is 0. The van der Waals surface area contributed by atoms with Crippen molar-refractivity contribution in [2.24, 2.45) is 0 Å². The first-order valence-corrected chi connectivity index (χ1v) is 6.00. The summed E-state index contributed by atoms with van der Waals surface area (Å²) in [5.74, 6) is -1.43. The molecular formula is C12H10N2O3S. The average molecular weight is 262 g/mol. The van der Waals surface area contributed by atoms with E-state index in [-0.39, 0.29) is 11.5 Å². The number of anilines is 1. The molecule has 92 valence electrons. The van der Waals surface area contributed by atoms with E-state index >= 15 is 0 Å². The predicted molar refractivity (Wildman–Crippen MR) is 68.2 cm³/mol. The number of nitrogens with zero attached hydrogens (tertiary/aromatic N) is 1. The van der Waals surface area contributed by atoms with Gasteiger partial charge in [0.05, 0.1) is 11.1 Å². The lowest BCUT2D eigenvalue weighted by Crippen LogP contribution is -2.13. The zero-order valence-electron chi connectivity index (χ0n) is 9.51. The van der Waals surface area contributed by atoms with Crippen LogP contribution in [-0.2, 0) is 0 Å². The zero-order chi connectivity index (χ0) is 13.1. The SMILES string of the molecule is Cc1ccc(C(=O)Nc2sccc2C(=O)O)cn1. The predicted octanol–water partition coefficient (Wildman–Crippen LogP) is 2.40. The fourth-order valence-electron chi connectivity index (χ4n) is 1.35. The second kappa shape index (κ2) is 4.97. The average Bonchev–Trinajstić information content (AvgIpc) is 2.78. The lowest BCUT2D eigenvalue weighted by Gasteiger charge is -2.04. The lowest BCUT2D eigenvalue weighted by atomic mass is 10.2. The third-order valence-electron chi connectivity index (χ3n) is 2.30. The number of carboxylic acids is 1. The minimum Gasteiger partial charge on any atom is -0.478 e. The van der Waals surface area contributed by atoms with Gasteiger partial charge >= 0.3 is 5.97 Å². The molecular weight excluding hydrogens is 252 g/mol. The van der Waals surface area contributed by atoms with Crippen molar-refractivity contribution in [1.82, 2.24) is 4.98 Å². The van der Waals surface area contributed by atoms with E-state index in [1.54, 1.807) is 17.5 Å². The second-order valence-electron chi connectivity index (χ2n) is 3.61. The Bertz CT molecular complexity index is 590. The van der Waals surface area contributed by atoms with Crippen molar-refractivity contribution >= 4 is 28.2 Å². The topological polar surface area (TPSA) is 79.3 Å². The Labute approximate surface area is 107 Å². The molecule has 0 aromatic carbocycles. The summed E-state index contributed by atoms with van der Waals surface area (Å²) in [6.45, 7) is 1.82. The highest BCUT2D eigenvalue weighted by Gasteiger charge is 2.14. The molecule has 6 heteroatoms. The summed E-state index contributed by atoms with van der Waals surface area (Å²) in [5.41, 5.74) is 1.30. The number of carbonyl (C=O) groups excluding carboxylic acids is 1. The van der Waals surface area contributed by atoms with Crippen molar-refractivity contribution in [2.45, 2.75) is 6.92 Å². The molecule has 0 spiro atoms. The number of amides is 1. The molecule has 0 radical (unpaired) electrons. The normalized spacial score (nSPS) is 10.1. The minimum atomic E-state index is -1.06. The van der Waals surface area contributed by atoms with E-state index in [2.05, 4.69) is 10.3 Å². The first-order chi connectivity index (χ1) is 8.58. The number of aromatic carboxylic acids is 1. The van der Waals surface area contributed by atoms with Crippen LogP contribution >= 0.6 is 11.3 Å². The zero-order valence-corrected chi connectivity index (χ0v) is 10.3. The number of aryl methyl sites for hydroxylation is 1. The van der Waals surface area contributed by atoms with Crippen LogP contribution in [0.1, 0.15) is 26.4 Å². The molecule has 2 aromatic rings. The number of carboxylic acid groups (broad SMARTS) is 1. The summed E-state index contributed by atoms with van der Waals surface area (Å²) < 4.78 is 0. The Kier molecular flexibility index (Phi) is 3.38. The van der Waals surface area contributed by atoms with Crippen LogP contribution in [0.4, 0.5) is 5.00 Å². The van der Waals surface area contributed by atoms with E-state index in [4.69, 9.17) is 5.11 Å². The molecule has 2 heterocycles. The van der Waals surface area contributed by atoms with Gasteiger partial charge in [0.15, 0.2) is 0 Å². The van der Waals surface area contributed by atoms with Gasteiger partial charge < -0.3 is 10.4 Å². The number of nitrogens with one attached hydrogen (secondary N) is 1. The van der Waals surface area contributed by atoms with Gasteiger partial charge in [-0.1, -0.05) is 0 Å². The molecule has 1 amide bonds. The number of thiophene rings is 1. The van der Waals surface area contributed by atoms with Crippen molar-refractivity contribution in [3.63, 3.8) is 0 Å². The van der Waals surface area contributed by atoms with Crippen LogP contribution in [0, 0.1) is 6.92 Å². The van der Waals surface area contributed by atoms with Gasteiger partial charge in [-0.3, -0.25) is 9.78 Å². The smallest absolute Gasteiger partial charge is 0.338 e. The van der Waals surface area contributed by atoms with E-state index in [0.29, 0.717) is 10.6 Å². The number of hydrogen-bond acceptors (Lipinski definition) is 4. The summed E-state index contributed by atoms with van der Waals surface area (Å²) in [6, 6.07) is 4.82. The molecule has 0 atom stereocenters. The molecule has 0 aliphatic rings. The van der Waals surface area contributed by atoms with Crippen LogP contribution < -0.4 is 5.32 Å². The molecule has 2 aromatic heterocycles. The Hall–Kier alpha value is -2.21. The number of rotatable bonds is 3. The Balaban J connectivity index is 2.19. The van der Waals surface area contributed by atoms with Crippen LogP contribution in [0.3, 0.4) is 0 Å². The maximum Gasteiger partial charge on any atom is 0.338 e. The first-order valence-electron chi connectivity index (χ1n) is 5.12. The maximum atomic E-state index is 11.9. The van der Waals surface area contributed by atoms with E-state index in [0.717, 1.165) is 5.69 Å². The highest BCUT2D eigenvalue weighted by Crippen LogP contribution is 2.23. The van der Waals surface area contributed by atoms with E-state index in [9.17, 15) is 9.59 Å². The van der Waals surface area contributed by atoms with Crippen LogP contribution in [0.2, 0.25) is 0 Å². The number of aromatic nitrogens is 1. The standard InChI is InChI=1S/C12H10N2O3S/c1-7-2-3-8(6-13-7)10(15)14-11-9(12(16)17)4-5-18-11/h2-6H,1H3,(H,14,15)(H,16,17). The third kappa shape index (κ3) is 2.54. The highest BCUT2D eigenvalue weighted by atomic mass is 32.1. The molecule has 2 N–H and O–H groups in total. The van der Waals surface area contributed by atoms with Crippen molar-refractivity contribution in [1.29, 1.82) is 0 Å². The van der Waals surface area contributed by atoms with E-state index in [1.165, 1.54) is 23.6 Å². The Morgan fingerprint density at radius 2 is 2.11 bits per heavy atom. The largest absolute Gasteiger partial charge is 0.478 e. The molecule has 5 nitrogen and oxygen atoms in total. The molecule has 18 heavy (non-hydrogen) atoms. The van der Waals surface area contributed by atoms with Crippen LogP contribution in [0.25, 0.3) is 0 Å². The lowest BCUT2D eigenvalue weighted by molar-refractivity contribution is 0.0698. The summed E-state index contributed by atoms with van der Waals surface area (Å²) in [6.07, 6.45) is 1.46. The maximum absolute atomic E-state index is 11.9. The van der Waals surface area contributed by atoms with Gasteiger partial charge in [0, 0.05) is 11.9 Å². The molecule has 2 rings (SSSR count). The van der Waals surface area contributed by atoms with Gasteiger partial charge in [-0.25, -0.2) is 4.79 Å². The molecule has 0 fully saturated rings. The fourth-order valence-corrected chi connectivity index (χ4v) is 2.13. The molecule has 0 saturated carbocycles. The van der Waals surface area contributed by atoms with Gasteiger partial charge in [0.1, 0.15) is 5.00 Å². The van der Waals surface area contributed by atoms with Crippen molar-refractivity contribution in [3.05, 3.63) is 46.6 Å². The van der Waals surface area contributed by atoms with Crippen molar-refractivity contribution < 1.29 is 14.7 Å². The van der Waals surface area contributed by atoms with Gasteiger partial charge in [0.2, 0.25) is 0 Å². The molecule has 0 aliphatic carbocycles. The molecule has 0 bridgehead atoms.